The molecule has 0 amide bonds. The molecule has 0 radical (unpaired) electrons. The lowest BCUT2D eigenvalue weighted by Gasteiger charge is -2.15. The van der Waals surface area contributed by atoms with Crippen molar-refractivity contribution in [3.8, 4) is 5.75 Å². The largest absolute Gasteiger partial charge is 0.493 e. The molecule has 20 heavy (non-hydrogen) atoms. The van der Waals surface area contributed by atoms with Crippen LogP contribution in [0.4, 0.5) is 0 Å². The molecule has 0 bridgehead atoms. The number of hydrogen-bond acceptors (Lipinski definition) is 1. The molecule has 1 unspecified atom stereocenters. The Bertz CT molecular complexity index is 637. The second-order valence-electron chi connectivity index (χ2n) is 5.24. The Balaban J connectivity index is 1.89. The minimum absolute atomic E-state index is 0.123. The van der Waals surface area contributed by atoms with Crippen molar-refractivity contribution in [1.29, 1.82) is 0 Å². The Labute approximate surface area is 129 Å². The maximum absolute atomic E-state index is 6.61. The second kappa shape index (κ2) is 5.67. The smallest absolute Gasteiger partial charge is 0.127 e. The SMILES string of the molecule is Cc1cccc(CC(Cl)c2cc(Cl)cc3c2OCC3)c1. The van der Waals surface area contributed by atoms with Gasteiger partial charge in [-0.25, -0.2) is 0 Å². The summed E-state index contributed by atoms with van der Waals surface area (Å²) in [6.07, 6.45) is 1.69. The molecule has 1 nitrogen and oxygen atoms in total. The number of alkyl halides is 1. The minimum atomic E-state index is -0.123. The highest BCUT2D eigenvalue weighted by molar-refractivity contribution is 6.31. The van der Waals surface area contributed by atoms with E-state index >= 15 is 0 Å². The summed E-state index contributed by atoms with van der Waals surface area (Å²) in [5.74, 6) is 0.932. The molecule has 0 N–H and O–H groups in total. The molecule has 1 atom stereocenters. The third-order valence-electron chi connectivity index (χ3n) is 3.61. The molecule has 1 aliphatic heterocycles. The van der Waals surface area contributed by atoms with Gasteiger partial charge < -0.3 is 4.74 Å². The molecular formula is C17H16Cl2O. The maximum Gasteiger partial charge on any atom is 0.127 e. The van der Waals surface area contributed by atoms with Crippen molar-refractivity contribution in [2.75, 3.05) is 6.61 Å². The van der Waals surface area contributed by atoms with E-state index in [2.05, 4.69) is 31.2 Å². The fourth-order valence-corrected chi connectivity index (χ4v) is 3.28. The summed E-state index contributed by atoms with van der Waals surface area (Å²) in [5, 5.41) is 0.612. The molecule has 1 aliphatic rings. The molecular weight excluding hydrogens is 291 g/mol. The van der Waals surface area contributed by atoms with Gasteiger partial charge in [0.2, 0.25) is 0 Å². The van der Waals surface area contributed by atoms with E-state index in [-0.39, 0.29) is 5.38 Å². The molecule has 3 heteroatoms. The van der Waals surface area contributed by atoms with Crippen LogP contribution in [0.3, 0.4) is 0 Å². The summed E-state index contributed by atoms with van der Waals surface area (Å²) in [6.45, 7) is 2.81. The van der Waals surface area contributed by atoms with E-state index in [1.807, 2.05) is 12.1 Å². The van der Waals surface area contributed by atoms with Gasteiger partial charge in [0.25, 0.3) is 0 Å². The van der Waals surface area contributed by atoms with Crippen molar-refractivity contribution in [2.45, 2.75) is 25.1 Å². The number of rotatable bonds is 3. The molecule has 2 aromatic rings. The van der Waals surface area contributed by atoms with Gasteiger partial charge in [-0.3, -0.25) is 0 Å². The van der Waals surface area contributed by atoms with Crippen molar-refractivity contribution in [3.05, 3.63) is 63.7 Å². The first-order valence-electron chi connectivity index (χ1n) is 6.78. The van der Waals surface area contributed by atoms with Crippen LogP contribution < -0.4 is 4.74 Å². The van der Waals surface area contributed by atoms with Gasteiger partial charge in [-0.2, -0.15) is 0 Å². The number of fused-ring (bicyclic) bond motifs is 1. The first-order valence-corrected chi connectivity index (χ1v) is 7.59. The van der Waals surface area contributed by atoms with Gasteiger partial charge in [0.05, 0.1) is 12.0 Å². The third-order valence-corrected chi connectivity index (χ3v) is 4.22. The number of benzene rings is 2. The van der Waals surface area contributed by atoms with Crippen LogP contribution in [0.15, 0.2) is 36.4 Å². The lowest BCUT2D eigenvalue weighted by Crippen LogP contribution is -1.99. The Morgan fingerprint density at radius 2 is 2.10 bits per heavy atom. The van der Waals surface area contributed by atoms with E-state index in [0.717, 1.165) is 35.8 Å². The summed E-state index contributed by atoms with van der Waals surface area (Å²) in [4.78, 5) is 0. The number of hydrogen-bond donors (Lipinski definition) is 0. The number of aryl methyl sites for hydroxylation is 1. The zero-order valence-corrected chi connectivity index (χ0v) is 12.8. The summed E-state index contributed by atoms with van der Waals surface area (Å²) < 4.78 is 5.72. The maximum atomic E-state index is 6.61. The van der Waals surface area contributed by atoms with Gasteiger partial charge >= 0.3 is 0 Å². The van der Waals surface area contributed by atoms with Crippen LogP contribution >= 0.6 is 23.2 Å². The Morgan fingerprint density at radius 1 is 1.25 bits per heavy atom. The fraction of sp³-hybridized carbons (Fsp3) is 0.294. The summed E-state index contributed by atoms with van der Waals surface area (Å²) in [5.41, 5.74) is 4.66. The van der Waals surface area contributed by atoms with E-state index in [4.69, 9.17) is 27.9 Å². The van der Waals surface area contributed by atoms with E-state index in [1.54, 1.807) is 0 Å². The fourth-order valence-electron chi connectivity index (χ4n) is 2.69. The average Bonchev–Trinajstić information content (AvgIpc) is 2.85. The van der Waals surface area contributed by atoms with Crippen molar-refractivity contribution in [3.63, 3.8) is 0 Å². The van der Waals surface area contributed by atoms with Gasteiger partial charge in [0.15, 0.2) is 0 Å². The number of halogens is 2. The minimum Gasteiger partial charge on any atom is -0.493 e. The van der Waals surface area contributed by atoms with Gasteiger partial charge in [-0.1, -0.05) is 41.4 Å². The molecule has 3 rings (SSSR count). The Morgan fingerprint density at radius 3 is 2.90 bits per heavy atom. The van der Waals surface area contributed by atoms with Crippen LogP contribution in [0.25, 0.3) is 0 Å². The monoisotopic (exact) mass is 306 g/mol. The van der Waals surface area contributed by atoms with Crippen LogP contribution in [0.5, 0.6) is 5.75 Å². The van der Waals surface area contributed by atoms with Gasteiger partial charge in [-0.15, -0.1) is 11.6 Å². The van der Waals surface area contributed by atoms with E-state index in [0.29, 0.717) is 0 Å². The zero-order valence-electron chi connectivity index (χ0n) is 11.3. The molecule has 0 saturated heterocycles. The predicted octanol–water partition coefficient (Wildman–Crippen LogP) is 5.11. The van der Waals surface area contributed by atoms with Crippen LogP contribution in [0.2, 0.25) is 5.02 Å². The predicted molar refractivity (Wildman–Crippen MR) is 84.1 cm³/mol. The van der Waals surface area contributed by atoms with E-state index in [1.165, 1.54) is 16.7 Å². The van der Waals surface area contributed by atoms with Crippen molar-refractivity contribution < 1.29 is 4.74 Å². The van der Waals surface area contributed by atoms with Gasteiger partial charge in [0, 0.05) is 17.0 Å². The van der Waals surface area contributed by atoms with E-state index < -0.39 is 0 Å². The molecule has 104 valence electrons. The molecule has 0 spiro atoms. The van der Waals surface area contributed by atoms with Crippen molar-refractivity contribution in [1.82, 2.24) is 0 Å². The molecule has 2 aromatic carbocycles. The Kier molecular flexibility index (Phi) is 3.91. The average molecular weight is 307 g/mol. The first kappa shape index (κ1) is 13.8. The molecule has 0 aliphatic carbocycles. The quantitative estimate of drug-likeness (QED) is 0.716. The third kappa shape index (κ3) is 2.79. The molecule has 0 fully saturated rings. The highest BCUT2D eigenvalue weighted by atomic mass is 35.5. The van der Waals surface area contributed by atoms with Crippen LogP contribution in [-0.4, -0.2) is 6.61 Å². The highest BCUT2D eigenvalue weighted by Crippen LogP contribution is 2.39. The van der Waals surface area contributed by atoms with Crippen LogP contribution in [0, 0.1) is 6.92 Å². The van der Waals surface area contributed by atoms with E-state index in [9.17, 15) is 0 Å². The van der Waals surface area contributed by atoms with Gasteiger partial charge in [0.1, 0.15) is 5.75 Å². The standard InChI is InChI=1S/C17H16Cl2O/c1-11-3-2-4-12(7-11)8-16(19)15-10-14(18)9-13-5-6-20-17(13)15/h2-4,7,9-10,16H,5-6,8H2,1H3. The molecule has 0 aromatic heterocycles. The normalized spacial score (nSPS) is 14.8. The lowest BCUT2D eigenvalue weighted by atomic mass is 9.99. The molecule has 1 heterocycles. The van der Waals surface area contributed by atoms with Crippen molar-refractivity contribution >= 4 is 23.2 Å². The van der Waals surface area contributed by atoms with Gasteiger partial charge in [-0.05, 0) is 36.6 Å². The van der Waals surface area contributed by atoms with Crippen LogP contribution in [0.1, 0.15) is 27.6 Å². The zero-order chi connectivity index (χ0) is 14.1. The van der Waals surface area contributed by atoms with Crippen LogP contribution in [-0.2, 0) is 12.8 Å². The number of ether oxygens (including phenoxy) is 1. The first-order chi connectivity index (χ1) is 9.63. The highest BCUT2D eigenvalue weighted by Gasteiger charge is 2.22. The molecule has 0 saturated carbocycles. The second-order valence-corrected chi connectivity index (χ2v) is 6.21. The topological polar surface area (TPSA) is 9.23 Å². The Hall–Kier alpha value is -1.18. The lowest BCUT2D eigenvalue weighted by molar-refractivity contribution is 0.353. The summed E-state index contributed by atoms with van der Waals surface area (Å²) in [7, 11) is 0. The summed E-state index contributed by atoms with van der Waals surface area (Å²) >= 11 is 12.8. The summed E-state index contributed by atoms with van der Waals surface area (Å²) in [6, 6.07) is 12.3. The van der Waals surface area contributed by atoms with Crippen molar-refractivity contribution in [2.24, 2.45) is 0 Å².